The van der Waals surface area contributed by atoms with Crippen molar-refractivity contribution >= 4 is 5.91 Å². The Balaban J connectivity index is 2.63. The molecule has 2 aromatic rings. The van der Waals surface area contributed by atoms with Crippen LogP contribution in [-0.4, -0.2) is 35.0 Å². The summed E-state index contributed by atoms with van der Waals surface area (Å²) >= 11 is 0. The zero-order valence-corrected chi connectivity index (χ0v) is 14.7. The maximum Gasteiger partial charge on any atom is 0.258 e. The Morgan fingerprint density at radius 3 is 2.29 bits per heavy atom. The fraction of sp³-hybridized carbons (Fsp3) is 0.368. The first-order chi connectivity index (χ1) is 11.4. The van der Waals surface area contributed by atoms with E-state index in [2.05, 4.69) is 4.98 Å². The van der Waals surface area contributed by atoms with Gasteiger partial charge in [-0.25, -0.2) is 4.39 Å². The van der Waals surface area contributed by atoms with E-state index in [1.54, 1.807) is 29.2 Å². The predicted octanol–water partition coefficient (Wildman–Crippen LogP) is 4.16. The second-order valence-corrected chi connectivity index (χ2v) is 6.14. The minimum absolute atomic E-state index is 0.0384. The second kappa shape index (κ2) is 7.43. The Morgan fingerprint density at radius 1 is 1.12 bits per heavy atom. The van der Waals surface area contributed by atoms with Gasteiger partial charge in [-0.1, -0.05) is 12.1 Å². The summed E-state index contributed by atoms with van der Waals surface area (Å²) in [7, 11) is 1.53. The highest BCUT2D eigenvalue weighted by Gasteiger charge is 2.27. The Labute approximate surface area is 142 Å². The molecule has 0 bridgehead atoms. The monoisotopic (exact) mass is 330 g/mol. The molecule has 0 N–H and O–H groups in total. The topological polar surface area (TPSA) is 42.4 Å². The minimum atomic E-state index is -0.416. The lowest BCUT2D eigenvalue weighted by atomic mass is 10.00. The molecule has 1 heterocycles. The van der Waals surface area contributed by atoms with Gasteiger partial charge in [0.2, 0.25) is 0 Å². The second-order valence-electron chi connectivity index (χ2n) is 6.14. The molecule has 0 spiro atoms. The summed E-state index contributed by atoms with van der Waals surface area (Å²) in [6.07, 6.45) is 1.14. The first-order valence-corrected chi connectivity index (χ1v) is 7.98. The van der Waals surface area contributed by atoms with Crippen LogP contribution in [0.2, 0.25) is 0 Å². The third-order valence-electron chi connectivity index (χ3n) is 3.81. The summed E-state index contributed by atoms with van der Waals surface area (Å²) in [6.45, 7) is 7.90. The first-order valence-electron chi connectivity index (χ1n) is 7.98. The van der Waals surface area contributed by atoms with Gasteiger partial charge in [0.1, 0.15) is 11.6 Å². The molecule has 24 heavy (non-hydrogen) atoms. The number of pyridine rings is 1. The Kier molecular flexibility index (Phi) is 5.54. The number of nitrogens with zero attached hydrogens (tertiary/aromatic N) is 2. The van der Waals surface area contributed by atoms with Crippen molar-refractivity contribution in [3.05, 3.63) is 47.9 Å². The van der Waals surface area contributed by atoms with E-state index in [-0.39, 0.29) is 18.0 Å². The van der Waals surface area contributed by atoms with Gasteiger partial charge in [0.25, 0.3) is 5.91 Å². The summed E-state index contributed by atoms with van der Waals surface area (Å²) in [6, 6.07) is 8.32. The third kappa shape index (κ3) is 3.55. The van der Waals surface area contributed by atoms with E-state index in [0.29, 0.717) is 22.6 Å². The number of halogens is 1. The molecule has 128 valence electrons. The smallest absolute Gasteiger partial charge is 0.258 e. The summed E-state index contributed by atoms with van der Waals surface area (Å²) in [5.41, 5.74) is 1.61. The number of ether oxygens (including phenoxy) is 1. The molecule has 1 aromatic heterocycles. The van der Waals surface area contributed by atoms with Gasteiger partial charge in [0.15, 0.2) is 0 Å². The van der Waals surface area contributed by atoms with Crippen LogP contribution in [0.1, 0.15) is 38.1 Å². The lowest BCUT2D eigenvalue weighted by Gasteiger charge is -2.32. The highest BCUT2D eigenvalue weighted by molar-refractivity contribution is 6.03. The highest BCUT2D eigenvalue weighted by Crippen LogP contribution is 2.31. The van der Waals surface area contributed by atoms with Crippen LogP contribution in [0.15, 0.2) is 36.5 Å². The number of carbonyl (C=O) groups excluding carboxylic acids is 1. The highest BCUT2D eigenvalue weighted by atomic mass is 19.1. The van der Waals surface area contributed by atoms with Crippen LogP contribution in [0, 0.1) is 5.82 Å². The molecule has 0 saturated heterocycles. The fourth-order valence-electron chi connectivity index (χ4n) is 2.86. The number of benzene rings is 1. The van der Waals surface area contributed by atoms with Crippen LogP contribution >= 0.6 is 0 Å². The first kappa shape index (κ1) is 17.9. The van der Waals surface area contributed by atoms with Crippen LogP contribution in [-0.2, 0) is 0 Å². The average molecular weight is 330 g/mol. The van der Waals surface area contributed by atoms with E-state index in [4.69, 9.17) is 4.74 Å². The van der Waals surface area contributed by atoms with Crippen molar-refractivity contribution in [1.29, 1.82) is 0 Å². The fourth-order valence-corrected chi connectivity index (χ4v) is 2.86. The number of carbonyl (C=O) groups is 1. The van der Waals surface area contributed by atoms with Gasteiger partial charge >= 0.3 is 0 Å². The zero-order chi connectivity index (χ0) is 17.9. The van der Waals surface area contributed by atoms with Gasteiger partial charge in [0.05, 0.1) is 24.6 Å². The summed E-state index contributed by atoms with van der Waals surface area (Å²) < 4.78 is 18.6. The average Bonchev–Trinajstić information content (AvgIpc) is 2.54. The molecule has 5 heteroatoms. The van der Waals surface area contributed by atoms with Crippen LogP contribution in [0.4, 0.5) is 4.39 Å². The van der Waals surface area contributed by atoms with E-state index >= 15 is 0 Å². The maximum atomic E-state index is 13.2. The molecule has 0 atom stereocenters. The number of hydrogen-bond acceptors (Lipinski definition) is 3. The molecule has 1 amide bonds. The van der Waals surface area contributed by atoms with E-state index in [9.17, 15) is 9.18 Å². The normalized spacial score (nSPS) is 11.0. The lowest BCUT2D eigenvalue weighted by Crippen LogP contribution is -2.42. The molecule has 0 aliphatic carbocycles. The zero-order valence-electron chi connectivity index (χ0n) is 14.7. The summed E-state index contributed by atoms with van der Waals surface area (Å²) in [5.74, 6) is -0.0611. The molecular weight excluding hydrogens is 307 g/mol. The number of hydrogen-bond donors (Lipinski definition) is 0. The Bertz CT molecular complexity index is 704. The van der Waals surface area contributed by atoms with Crippen molar-refractivity contribution in [2.75, 3.05) is 7.11 Å². The van der Waals surface area contributed by atoms with Crippen molar-refractivity contribution in [2.45, 2.75) is 39.8 Å². The van der Waals surface area contributed by atoms with Gasteiger partial charge in [-0.2, -0.15) is 0 Å². The van der Waals surface area contributed by atoms with Crippen LogP contribution in [0.25, 0.3) is 11.3 Å². The summed E-state index contributed by atoms with van der Waals surface area (Å²) in [5, 5.41) is 0. The van der Waals surface area contributed by atoms with E-state index in [1.807, 2.05) is 27.7 Å². The van der Waals surface area contributed by atoms with Gasteiger partial charge < -0.3 is 9.64 Å². The van der Waals surface area contributed by atoms with Crippen molar-refractivity contribution in [2.24, 2.45) is 0 Å². The third-order valence-corrected chi connectivity index (χ3v) is 3.81. The van der Waals surface area contributed by atoms with Crippen molar-refractivity contribution < 1.29 is 13.9 Å². The number of rotatable bonds is 5. The molecule has 0 aliphatic heterocycles. The number of amides is 1. The standard InChI is InChI=1S/C19H23FN2O2/c1-12(2)22(13(3)4)19(23)18-15(7-6-8-17(18)24-5)16-10-9-14(20)11-21-16/h6-13H,1-5H3. The van der Waals surface area contributed by atoms with Crippen molar-refractivity contribution in [3.8, 4) is 17.0 Å². The molecule has 0 unspecified atom stereocenters. The van der Waals surface area contributed by atoms with Crippen molar-refractivity contribution in [1.82, 2.24) is 9.88 Å². The van der Waals surface area contributed by atoms with E-state index in [0.717, 1.165) is 6.20 Å². The van der Waals surface area contributed by atoms with Crippen LogP contribution in [0.3, 0.4) is 0 Å². The molecule has 0 aliphatic rings. The van der Waals surface area contributed by atoms with Gasteiger partial charge in [-0.15, -0.1) is 0 Å². The molecule has 0 fully saturated rings. The number of methoxy groups -OCH3 is 1. The molecule has 1 aromatic carbocycles. The molecule has 4 nitrogen and oxygen atoms in total. The summed E-state index contributed by atoms with van der Waals surface area (Å²) in [4.78, 5) is 19.1. The molecule has 0 radical (unpaired) electrons. The predicted molar refractivity (Wildman–Crippen MR) is 92.6 cm³/mol. The molecule has 0 saturated carbocycles. The largest absolute Gasteiger partial charge is 0.496 e. The number of aromatic nitrogens is 1. The van der Waals surface area contributed by atoms with Gasteiger partial charge in [0, 0.05) is 17.6 Å². The van der Waals surface area contributed by atoms with E-state index in [1.165, 1.54) is 13.2 Å². The molecular formula is C19H23FN2O2. The van der Waals surface area contributed by atoms with Gasteiger partial charge in [-0.3, -0.25) is 9.78 Å². The SMILES string of the molecule is COc1cccc(-c2ccc(F)cn2)c1C(=O)N(C(C)C)C(C)C. The quantitative estimate of drug-likeness (QED) is 0.827. The van der Waals surface area contributed by atoms with Crippen molar-refractivity contribution in [3.63, 3.8) is 0 Å². The Morgan fingerprint density at radius 2 is 1.79 bits per heavy atom. The van der Waals surface area contributed by atoms with Crippen LogP contribution < -0.4 is 4.74 Å². The molecule has 2 rings (SSSR count). The Hall–Kier alpha value is -2.43. The van der Waals surface area contributed by atoms with E-state index < -0.39 is 5.82 Å². The lowest BCUT2D eigenvalue weighted by molar-refractivity contribution is 0.0641. The van der Waals surface area contributed by atoms with Crippen LogP contribution in [0.5, 0.6) is 5.75 Å². The maximum absolute atomic E-state index is 13.2. The minimum Gasteiger partial charge on any atom is -0.496 e. The van der Waals surface area contributed by atoms with Gasteiger partial charge in [-0.05, 0) is 45.9 Å².